The van der Waals surface area contributed by atoms with Crippen molar-refractivity contribution < 1.29 is 9.53 Å². The lowest BCUT2D eigenvalue weighted by atomic mass is 9.77. The molecule has 0 atom stereocenters. The molecular weight excluding hydrogens is 324 g/mol. The van der Waals surface area contributed by atoms with E-state index in [4.69, 9.17) is 4.74 Å². The second-order valence-electron chi connectivity index (χ2n) is 7.28. The number of likely N-dealkylation sites (tertiary alicyclic amines) is 1. The van der Waals surface area contributed by atoms with Gasteiger partial charge in [-0.15, -0.1) is 0 Å². The van der Waals surface area contributed by atoms with E-state index in [1.54, 1.807) is 0 Å². The molecule has 1 aliphatic heterocycles. The fraction of sp³-hybridized carbons (Fsp3) is 0.636. The Kier molecular flexibility index (Phi) is 10.7. The average molecular weight is 359 g/mol. The highest BCUT2D eigenvalue weighted by Crippen LogP contribution is 2.33. The quantitative estimate of drug-likeness (QED) is 0.522. The van der Waals surface area contributed by atoms with Crippen molar-refractivity contribution >= 4 is 5.97 Å². The number of ether oxygens (including phenoxy) is 1. The predicted octanol–water partition coefficient (Wildman–Crippen LogP) is 4.73. The third-order valence-corrected chi connectivity index (χ3v) is 4.95. The van der Waals surface area contributed by atoms with Crippen molar-refractivity contribution in [1.82, 2.24) is 4.90 Å². The maximum absolute atomic E-state index is 11.5. The van der Waals surface area contributed by atoms with E-state index >= 15 is 0 Å². The smallest absolute Gasteiger partial charge is 0.305 e. The van der Waals surface area contributed by atoms with Crippen LogP contribution >= 0.6 is 0 Å². The van der Waals surface area contributed by atoms with Crippen molar-refractivity contribution in [3.63, 3.8) is 0 Å². The summed E-state index contributed by atoms with van der Waals surface area (Å²) in [5, 5.41) is 9.36. The Bertz CT molecular complexity index is 543. The molecule has 1 fully saturated rings. The van der Waals surface area contributed by atoms with Crippen molar-refractivity contribution in [3.05, 3.63) is 35.9 Å². The van der Waals surface area contributed by atoms with Crippen LogP contribution in [0.3, 0.4) is 0 Å². The molecule has 0 unspecified atom stereocenters. The van der Waals surface area contributed by atoms with Crippen LogP contribution in [0.15, 0.2) is 30.3 Å². The van der Waals surface area contributed by atoms with Crippen LogP contribution in [-0.4, -0.2) is 37.6 Å². The zero-order valence-corrected chi connectivity index (χ0v) is 16.7. The van der Waals surface area contributed by atoms with E-state index in [0.29, 0.717) is 19.4 Å². The molecule has 1 aliphatic rings. The summed E-state index contributed by atoms with van der Waals surface area (Å²) >= 11 is 0. The monoisotopic (exact) mass is 358 g/mol. The number of aryl methyl sites for hydroxylation is 1. The Morgan fingerprint density at radius 2 is 1.88 bits per heavy atom. The van der Waals surface area contributed by atoms with Gasteiger partial charge in [-0.05, 0) is 46.3 Å². The lowest BCUT2D eigenvalue weighted by Crippen LogP contribution is -2.37. The Hall–Kier alpha value is -1.86. The fourth-order valence-electron chi connectivity index (χ4n) is 2.95. The zero-order valence-electron chi connectivity index (χ0n) is 16.7. The number of rotatable bonds is 7. The van der Waals surface area contributed by atoms with Crippen molar-refractivity contribution in [2.45, 2.75) is 58.8 Å². The molecule has 0 saturated carbocycles. The second kappa shape index (κ2) is 12.5. The summed E-state index contributed by atoms with van der Waals surface area (Å²) in [7, 11) is 2.08. The maximum atomic E-state index is 11.5. The SMILES string of the molecule is CCCCCC(=O)OCCC1(C#N)CCN(C)CC1.Cc1ccccc1. The van der Waals surface area contributed by atoms with Gasteiger partial charge < -0.3 is 9.64 Å². The molecule has 4 heteroatoms. The minimum atomic E-state index is -0.282. The zero-order chi connectivity index (χ0) is 19.3. The van der Waals surface area contributed by atoms with Gasteiger partial charge in [0.05, 0.1) is 18.1 Å². The first-order chi connectivity index (χ1) is 12.5. The number of piperidine rings is 1. The predicted molar refractivity (Wildman–Crippen MR) is 106 cm³/mol. The molecule has 0 amide bonds. The van der Waals surface area contributed by atoms with E-state index in [2.05, 4.69) is 44.0 Å². The number of hydrogen-bond acceptors (Lipinski definition) is 4. The molecule has 26 heavy (non-hydrogen) atoms. The number of unbranched alkanes of at least 4 members (excludes halogenated alkanes) is 2. The third kappa shape index (κ3) is 9.01. The van der Waals surface area contributed by atoms with Gasteiger partial charge in [-0.2, -0.15) is 5.26 Å². The fourth-order valence-corrected chi connectivity index (χ4v) is 2.95. The van der Waals surface area contributed by atoms with Crippen LogP contribution in [0.4, 0.5) is 0 Å². The van der Waals surface area contributed by atoms with Gasteiger partial charge >= 0.3 is 5.97 Å². The molecule has 4 nitrogen and oxygen atoms in total. The van der Waals surface area contributed by atoms with Crippen LogP contribution in [0.5, 0.6) is 0 Å². The molecule has 1 heterocycles. The third-order valence-electron chi connectivity index (χ3n) is 4.95. The highest BCUT2D eigenvalue weighted by Gasteiger charge is 2.33. The van der Waals surface area contributed by atoms with Gasteiger partial charge in [0.25, 0.3) is 0 Å². The molecule has 1 saturated heterocycles. The van der Waals surface area contributed by atoms with E-state index in [1.807, 2.05) is 18.2 Å². The molecule has 0 aromatic heterocycles. The van der Waals surface area contributed by atoms with E-state index in [0.717, 1.165) is 45.2 Å². The van der Waals surface area contributed by atoms with Crippen LogP contribution in [0.1, 0.15) is 57.4 Å². The van der Waals surface area contributed by atoms with Crippen LogP contribution in [0.25, 0.3) is 0 Å². The lowest BCUT2D eigenvalue weighted by Gasteiger charge is -2.35. The van der Waals surface area contributed by atoms with E-state index < -0.39 is 0 Å². The molecule has 0 spiro atoms. The number of carbonyl (C=O) groups excluding carboxylic acids is 1. The number of nitrogens with zero attached hydrogens (tertiary/aromatic N) is 2. The first kappa shape index (κ1) is 22.2. The molecule has 0 N–H and O–H groups in total. The molecule has 2 rings (SSSR count). The lowest BCUT2D eigenvalue weighted by molar-refractivity contribution is -0.144. The van der Waals surface area contributed by atoms with E-state index in [9.17, 15) is 10.1 Å². The minimum absolute atomic E-state index is 0.116. The summed E-state index contributed by atoms with van der Waals surface area (Å²) < 4.78 is 5.24. The van der Waals surface area contributed by atoms with Crippen LogP contribution in [-0.2, 0) is 9.53 Å². The highest BCUT2D eigenvalue weighted by atomic mass is 16.5. The number of carbonyl (C=O) groups is 1. The Labute approximate surface area is 159 Å². The standard InChI is InChI=1S/C15H26N2O2.C7H8/c1-3-4-5-6-14(18)19-12-9-15(13-16)7-10-17(2)11-8-15;1-7-5-3-2-4-6-7/h3-12H2,1-2H3;2-6H,1H3. The molecule has 144 valence electrons. The van der Waals surface area contributed by atoms with Crippen molar-refractivity contribution in [3.8, 4) is 6.07 Å². The van der Waals surface area contributed by atoms with Crippen molar-refractivity contribution in [1.29, 1.82) is 5.26 Å². The van der Waals surface area contributed by atoms with Gasteiger partial charge in [0.15, 0.2) is 0 Å². The molecule has 0 radical (unpaired) electrons. The maximum Gasteiger partial charge on any atom is 0.305 e. The number of benzene rings is 1. The summed E-state index contributed by atoms with van der Waals surface area (Å²) in [6, 6.07) is 12.7. The van der Waals surface area contributed by atoms with Gasteiger partial charge in [-0.25, -0.2) is 0 Å². The van der Waals surface area contributed by atoms with Crippen LogP contribution in [0.2, 0.25) is 0 Å². The summed E-state index contributed by atoms with van der Waals surface area (Å²) in [6.45, 7) is 6.50. The Morgan fingerprint density at radius 1 is 1.23 bits per heavy atom. The Balaban J connectivity index is 0.000000401. The van der Waals surface area contributed by atoms with Gasteiger partial charge in [0.1, 0.15) is 0 Å². The van der Waals surface area contributed by atoms with Crippen molar-refractivity contribution in [2.24, 2.45) is 5.41 Å². The summed E-state index contributed by atoms with van der Waals surface area (Å²) in [4.78, 5) is 13.7. The van der Waals surface area contributed by atoms with Crippen molar-refractivity contribution in [2.75, 3.05) is 26.7 Å². The second-order valence-corrected chi connectivity index (χ2v) is 7.28. The van der Waals surface area contributed by atoms with Crippen LogP contribution < -0.4 is 0 Å². The first-order valence-corrected chi connectivity index (χ1v) is 9.78. The molecule has 0 bridgehead atoms. The summed E-state index contributed by atoms with van der Waals surface area (Å²) in [5.74, 6) is -0.116. The Morgan fingerprint density at radius 3 is 2.38 bits per heavy atom. The summed E-state index contributed by atoms with van der Waals surface area (Å²) in [6.07, 6.45) is 6.04. The topological polar surface area (TPSA) is 53.3 Å². The number of esters is 1. The molecule has 0 aliphatic carbocycles. The van der Waals surface area contributed by atoms with E-state index in [1.165, 1.54) is 5.56 Å². The largest absolute Gasteiger partial charge is 0.466 e. The van der Waals surface area contributed by atoms with Gasteiger partial charge in [0.2, 0.25) is 0 Å². The molecular formula is C22H34N2O2. The van der Waals surface area contributed by atoms with Crippen LogP contribution in [0, 0.1) is 23.7 Å². The average Bonchev–Trinajstić information content (AvgIpc) is 2.65. The first-order valence-electron chi connectivity index (χ1n) is 9.78. The van der Waals surface area contributed by atoms with Gasteiger partial charge in [0, 0.05) is 12.8 Å². The number of hydrogen-bond donors (Lipinski definition) is 0. The number of nitriles is 1. The van der Waals surface area contributed by atoms with Gasteiger partial charge in [-0.3, -0.25) is 4.79 Å². The molecule has 1 aromatic carbocycles. The highest BCUT2D eigenvalue weighted by molar-refractivity contribution is 5.69. The summed E-state index contributed by atoms with van der Waals surface area (Å²) in [5.41, 5.74) is 1.04. The molecule has 1 aromatic rings. The normalized spacial score (nSPS) is 16.1. The minimum Gasteiger partial charge on any atom is -0.466 e. The van der Waals surface area contributed by atoms with Gasteiger partial charge in [-0.1, -0.05) is 55.7 Å². The van der Waals surface area contributed by atoms with E-state index in [-0.39, 0.29) is 11.4 Å².